The zero-order valence-corrected chi connectivity index (χ0v) is 17.3. The van der Waals surface area contributed by atoms with E-state index < -0.39 is 0 Å². The van der Waals surface area contributed by atoms with Crippen LogP contribution in [0.5, 0.6) is 0 Å². The van der Waals surface area contributed by atoms with Gasteiger partial charge in [0, 0.05) is 11.1 Å². The second kappa shape index (κ2) is 15.3. The average Bonchev–Trinajstić information content (AvgIpc) is 2.78. The molecular weight excluding hydrogens is 372 g/mol. The van der Waals surface area contributed by atoms with Crippen LogP contribution >= 0.6 is 12.2 Å². The fourth-order valence-corrected chi connectivity index (χ4v) is 2.61. The van der Waals surface area contributed by atoms with Crippen molar-refractivity contribution < 1.29 is 14.1 Å². The van der Waals surface area contributed by atoms with Gasteiger partial charge in [-0.3, -0.25) is 0 Å². The van der Waals surface area contributed by atoms with E-state index in [1.54, 1.807) is 25.3 Å². The molecule has 0 aliphatic rings. The Morgan fingerprint density at radius 1 is 1.14 bits per heavy atom. The number of nitrogens with two attached hydrogens (primary N) is 1. The average molecular weight is 401 g/mol. The lowest BCUT2D eigenvalue weighted by Crippen LogP contribution is -1.95. The van der Waals surface area contributed by atoms with Gasteiger partial charge in [0.1, 0.15) is 24.8 Å². The molecule has 2 rings (SSSR count). The molecule has 0 radical (unpaired) electrons. The van der Waals surface area contributed by atoms with Crippen LogP contribution in [0, 0.1) is 0 Å². The van der Waals surface area contributed by atoms with E-state index in [1.807, 2.05) is 44.0 Å². The van der Waals surface area contributed by atoms with Crippen LogP contribution in [-0.4, -0.2) is 26.1 Å². The third kappa shape index (κ3) is 7.84. The molecule has 4 N–H and O–H groups in total. The van der Waals surface area contributed by atoms with Gasteiger partial charge in [0.15, 0.2) is 0 Å². The van der Waals surface area contributed by atoms with Crippen LogP contribution in [0.4, 0.5) is 5.69 Å². The highest BCUT2D eigenvalue weighted by molar-refractivity contribution is 7.96. The minimum Gasteiger partial charge on any atom is -0.508 e. The predicted molar refractivity (Wildman–Crippen MR) is 122 cm³/mol. The summed E-state index contributed by atoms with van der Waals surface area (Å²) in [6.45, 7) is 7.51. The number of benzene rings is 2. The molecular formula is C22H28N2O3S. The number of anilines is 1. The van der Waals surface area contributed by atoms with E-state index in [2.05, 4.69) is 35.2 Å². The van der Waals surface area contributed by atoms with Gasteiger partial charge in [-0.1, -0.05) is 55.1 Å². The fourth-order valence-electron chi connectivity index (χ4n) is 2.26. The summed E-state index contributed by atoms with van der Waals surface area (Å²) >= 11 is 1.14. The van der Waals surface area contributed by atoms with Gasteiger partial charge in [0.05, 0.1) is 12.8 Å². The maximum absolute atomic E-state index is 10.3. The Balaban J connectivity index is 0.00000171. The Morgan fingerprint density at radius 3 is 2.36 bits per heavy atom. The monoisotopic (exact) mass is 400 g/mol. The summed E-state index contributed by atoms with van der Waals surface area (Å²) in [5.41, 5.74) is 9.26. The van der Waals surface area contributed by atoms with Gasteiger partial charge in [-0.2, -0.15) is 0 Å². The summed E-state index contributed by atoms with van der Waals surface area (Å²) in [5, 5.41) is 10.3. The van der Waals surface area contributed by atoms with E-state index >= 15 is 0 Å². The standard InChI is InChI=1S/C20H21NO2S.CH5N.CH2O/c1-4-5-11-20(22)15(2)18-14-17(16-9-7-6-8-10-16)12-13-19(18)21-24-23-3;2*1-2/h4-14,21-22H,1H2,2-3H3;2H2,1H3;1H2/b11-5-,20-15-;;. The first-order valence-electron chi connectivity index (χ1n) is 8.38. The van der Waals surface area contributed by atoms with Gasteiger partial charge in [0.25, 0.3) is 0 Å². The molecule has 0 saturated heterocycles. The number of hydrogen-bond acceptors (Lipinski definition) is 6. The van der Waals surface area contributed by atoms with Crippen molar-refractivity contribution in [3.05, 3.63) is 84.7 Å². The molecule has 6 heteroatoms. The van der Waals surface area contributed by atoms with Gasteiger partial charge in [-0.25, -0.2) is 0 Å². The quantitative estimate of drug-likeness (QED) is 0.250. The van der Waals surface area contributed by atoms with Gasteiger partial charge >= 0.3 is 0 Å². The number of rotatable bonds is 7. The Hall–Kier alpha value is -2.80. The smallest absolute Gasteiger partial charge is 0.119 e. The molecule has 150 valence electrons. The largest absolute Gasteiger partial charge is 0.508 e. The first-order valence-corrected chi connectivity index (χ1v) is 9.12. The summed E-state index contributed by atoms with van der Waals surface area (Å²) in [6, 6.07) is 16.2. The summed E-state index contributed by atoms with van der Waals surface area (Å²) in [7, 11) is 3.10. The Labute approximate surface area is 172 Å². The molecule has 0 aromatic heterocycles. The van der Waals surface area contributed by atoms with Crippen molar-refractivity contribution >= 4 is 30.3 Å². The Bertz CT molecular complexity index is 775. The van der Waals surface area contributed by atoms with E-state index in [0.29, 0.717) is 0 Å². The van der Waals surface area contributed by atoms with Crippen molar-refractivity contribution in [1.29, 1.82) is 0 Å². The molecule has 0 unspecified atom stereocenters. The third-order valence-corrected chi connectivity index (χ3v) is 4.01. The molecule has 5 nitrogen and oxygen atoms in total. The molecule has 0 atom stereocenters. The minimum absolute atomic E-state index is 0.200. The number of allylic oxidation sites excluding steroid dienone is 4. The number of nitrogens with one attached hydrogen (secondary N) is 1. The summed E-state index contributed by atoms with van der Waals surface area (Å²) in [6.07, 6.45) is 4.96. The molecule has 0 bridgehead atoms. The number of carbonyl (C=O) groups is 1. The van der Waals surface area contributed by atoms with Crippen molar-refractivity contribution in [2.24, 2.45) is 5.73 Å². The van der Waals surface area contributed by atoms with Gasteiger partial charge in [-0.05, 0) is 43.3 Å². The lowest BCUT2D eigenvalue weighted by molar-refractivity contribution is -0.0979. The topological polar surface area (TPSA) is 84.6 Å². The van der Waals surface area contributed by atoms with Gasteiger partial charge in [-0.15, -0.1) is 0 Å². The van der Waals surface area contributed by atoms with Crippen molar-refractivity contribution in [1.82, 2.24) is 0 Å². The number of hydrogen-bond donors (Lipinski definition) is 3. The molecule has 0 heterocycles. The minimum atomic E-state index is 0.200. The molecule has 2 aromatic carbocycles. The van der Waals surface area contributed by atoms with Crippen LogP contribution < -0.4 is 10.5 Å². The van der Waals surface area contributed by atoms with Gasteiger partial charge in [0.2, 0.25) is 0 Å². The molecule has 2 aromatic rings. The van der Waals surface area contributed by atoms with Crippen LogP contribution in [-0.2, 0) is 8.98 Å². The number of aliphatic hydroxyl groups is 1. The molecule has 28 heavy (non-hydrogen) atoms. The van der Waals surface area contributed by atoms with Crippen molar-refractivity contribution in [3.63, 3.8) is 0 Å². The summed E-state index contributed by atoms with van der Waals surface area (Å²) < 4.78 is 8.16. The normalized spacial score (nSPS) is 10.7. The first-order chi connectivity index (χ1) is 13.7. The first kappa shape index (κ1) is 25.2. The highest BCUT2D eigenvalue weighted by Gasteiger charge is 2.10. The van der Waals surface area contributed by atoms with E-state index in [4.69, 9.17) is 8.98 Å². The second-order valence-corrected chi connectivity index (χ2v) is 5.79. The maximum Gasteiger partial charge on any atom is 0.119 e. The van der Waals surface area contributed by atoms with Crippen molar-refractivity contribution in [2.45, 2.75) is 6.92 Å². The lowest BCUT2D eigenvalue weighted by Gasteiger charge is -2.14. The second-order valence-electron chi connectivity index (χ2n) is 5.08. The van der Waals surface area contributed by atoms with Crippen LogP contribution in [0.2, 0.25) is 0 Å². The molecule has 0 saturated carbocycles. The molecule has 0 spiro atoms. The Morgan fingerprint density at radius 2 is 1.79 bits per heavy atom. The predicted octanol–water partition coefficient (Wildman–Crippen LogP) is 5.40. The van der Waals surface area contributed by atoms with Crippen LogP contribution in [0.1, 0.15) is 12.5 Å². The number of aliphatic hydroxyl groups excluding tert-OH is 1. The van der Waals surface area contributed by atoms with Crippen molar-refractivity contribution in [3.8, 4) is 11.1 Å². The van der Waals surface area contributed by atoms with Crippen LogP contribution in [0.15, 0.2) is 79.1 Å². The van der Waals surface area contributed by atoms with E-state index in [9.17, 15) is 5.11 Å². The van der Waals surface area contributed by atoms with Crippen molar-refractivity contribution in [2.75, 3.05) is 18.9 Å². The van der Waals surface area contributed by atoms with E-state index in [0.717, 1.165) is 40.2 Å². The molecule has 0 aliphatic carbocycles. The fraction of sp³-hybridized carbons (Fsp3) is 0.136. The zero-order chi connectivity index (χ0) is 21.4. The Kier molecular flexibility index (Phi) is 13.7. The van der Waals surface area contributed by atoms with E-state index in [-0.39, 0.29) is 5.76 Å². The number of carbonyl (C=O) groups excluding carboxylic acids is 1. The highest BCUT2D eigenvalue weighted by atomic mass is 32.2. The summed E-state index contributed by atoms with van der Waals surface area (Å²) in [5.74, 6) is 0.200. The third-order valence-electron chi connectivity index (χ3n) is 3.54. The van der Waals surface area contributed by atoms with E-state index in [1.165, 1.54) is 7.05 Å². The summed E-state index contributed by atoms with van der Waals surface area (Å²) in [4.78, 5) is 8.00. The molecule has 0 amide bonds. The molecule has 0 fully saturated rings. The zero-order valence-electron chi connectivity index (χ0n) is 16.5. The highest BCUT2D eigenvalue weighted by Crippen LogP contribution is 2.32. The SMILES string of the molecule is C=C/C=C\C(O)=C(/C)c1cc(-c2ccccc2)ccc1NSOC.C=O.CN. The lowest BCUT2D eigenvalue weighted by atomic mass is 9.97. The van der Waals surface area contributed by atoms with Crippen LogP contribution in [0.3, 0.4) is 0 Å². The molecule has 0 aliphatic heterocycles. The van der Waals surface area contributed by atoms with Crippen LogP contribution in [0.25, 0.3) is 16.7 Å². The van der Waals surface area contributed by atoms with Gasteiger partial charge < -0.3 is 24.5 Å². The maximum atomic E-state index is 10.3.